The topological polar surface area (TPSA) is 39.1 Å². The average molecular weight is 195 g/mol. The highest BCUT2D eigenvalue weighted by molar-refractivity contribution is 5.35. The van der Waals surface area contributed by atoms with Crippen LogP contribution in [0.25, 0.3) is 0 Å². The van der Waals surface area contributed by atoms with E-state index in [2.05, 4.69) is 17.3 Å². The molecule has 1 aliphatic rings. The minimum absolute atomic E-state index is 0.568. The van der Waals surface area contributed by atoms with Crippen LogP contribution in [0.1, 0.15) is 23.6 Å². The zero-order chi connectivity index (χ0) is 10.1. The first-order valence-electron chi connectivity index (χ1n) is 5.02. The van der Waals surface area contributed by atoms with Crippen LogP contribution >= 0.6 is 0 Å². The third-order valence-electron chi connectivity index (χ3n) is 2.88. The largest absolute Gasteiger partial charge is 0.481 e. The van der Waals surface area contributed by atoms with E-state index in [1.165, 1.54) is 12.0 Å². The lowest BCUT2D eigenvalue weighted by atomic mass is 9.99. The Balaban J connectivity index is 2.38. The van der Waals surface area contributed by atoms with Crippen molar-refractivity contribution in [1.82, 2.24) is 15.1 Å². The zero-order valence-electron chi connectivity index (χ0n) is 9.00. The summed E-state index contributed by atoms with van der Waals surface area (Å²) in [7, 11) is 3.64. The van der Waals surface area contributed by atoms with Crippen molar-refractivity contribution in [3.05, 3.63) is 11.3 Å². The molecule has 0 bridgehead atoms. The highest BCUT2D eigenvalue weighted by atomic mass is 16.5. The number of nitrogens with zero attached hydrogens (tertiary/aromatic N) is 2. The minimum Gasteiger partial charge on any atom is -0.481 e. The second-order valence-electron chi connectivity index (χ2n) is 3.82. The molecule has 0 radical (unpaired) electrons. The van der Waals surface area contributed by atoms with Gasteiger partial charge in [-0.05, 0) is 19.9 Å². The summed E-state index contributed by atoms with van der Waals surface area (Å²) in [5.41, 5.74) is 2.37. The van der Waals surface area contributed by atoms with Gasteiger partial charge in [0.1, 0.15) is 0 Å². The first-order valence-corrected chi connectivity index (χ1v) is 5.02. The van der Waals surface area contributed by atoms with Gasteiger partial charge < -0.3 is 10.1 Å². The van der Waals surface area contributed by atoms with E-state index in [0.29, 0.717) is 5.92 Å². The van der Waals surface area contributed by atoms with Gasteiger partial charge in [0.05, 0.1) is 12.8 Å². The Labute approximate surface area is 84.3 Å². The SMILES string of the molecule is COc1c(C2CCNC2)c(C)nn1C. The Morgan fingerprint density at radius 2 is 2.36 bits per heavy atom. The van der Waals surface area contributed by atoms with E-state index in [0.717, 1.165) is 24.7 Å². The lowest BCUT2D eigenvalue weighted by molar-refractivity contribution is 0.367. The smallest absolute Gasteiger partial charge is 0.215 e. The highest BCUT2D eigenvalue weighted by Gasteiger charge is 2.25. The van der Waals surface area contributed by atoms with E-state index in [9.17, 15) is 0 Å². The third-order valence-corrected chi connectivity index (χ3v) is 2.88. The Morgan fingerprint density at radius 1 is 1.57 bits per heavy atom. The Bertz CT molecular complexity index is 326. The second-order valence-corrected chi connectivity index (χ2v) is 3.82. The molecule has 0 spiro atoms. The van der Waals surface area contributed by atoms with E-state index >= 15 is 0 Å². The summed E-state index contributed by atoms with van der Waals surface area (Å²) in [5.74, 6) is 1.48. The number of hydrogen-bond acceptors (Lipinski definition) is 3. The number of rotatable bonds is 2. The third kappa shape index (κ3) is 1.39. The maximum Gasteiger partial charge on any atom is 0.215 e. The summed E-state index contributed by atoms with van der Waals surface area (Å²) in [5, 5.41) is 7.76. The van der Waals surface area contributed by atoms with Crippen LogP contribution in [-0.2, 0) is 7.05 Å². The van der Waals surface area contributed by atoms with Gasteiger partial charge in [-0.2, -0.15) is 5.10 Å². The molecule has 2 heterocycles. The molecule has 78 valence electrons. The van der Waals surface area contributed by atoms with Crippen molar-refractivity contribution in [2.75, 3.05) is 20.2 Å². The van der Waals surface area contributed by atoms with E-state index in [4.69, 9.17) is 4.74 Å². The molecular formula is C10H17N3O. The summed E-state index contributed by atoms with van der Waals surface area (Å²) >= 11 is 0. The predicted molar refractivity (Wildman–Crippen MR) is 54.7 cm³/mol. The molecule has 14 heavy (non-hydrogen) atoms. The zero-order valence-corrected chi connectivity index (χ0v) is 9.00. The van der Waals surface area contributed by atoms with Crippen molar-refractivity contribution < 1.29 is 4.74 Å². The molecule has 1 N–H and O–H groups in total. The molecule has 2 rings (SSSR count). The van der Waals surface area contributed by atoms with E-state index in [1.54, 1.807) is 7.11 Å². The number of nitrogens with one attached hydrogen (secondary N) is 1. The summed E-state index contributed by atoms with van der Waals surface area (Å²) in [6, 6.07) is 0. The predicted octanol–water partition coefficient (Wildman–Crippen LogP) is 0.814. The van der Waals surface area contributed by atoms with Gasteiger partial charge in [0.25, 0.3) is 0 Å². The molecule has 1 aromatic heterocycles. The van der Waals surface area contributed by atoms with E-state index < -0.39 is 0 Å². The lowest BCUT2D eigenvalue weighted by Gasteiger charge is -2.10. The molecular weight excluding hydrogens is 178 g/mol. The monoisotopic (exact) mass is 195 g/mol. The molecule has 0 saturated carbocycles. The average Bonchev–Trinajstić information content (AvgIpc) is 2.72. The van der Waals surface area contributed by atoms with Crippen LogP contribution in [-0.4, -0.2) is 30.0 Å². The van der Waals surface area contributed by atoms with E-state index in [-0.39, 0.29) is 0 Å². The van der Waals surface area contributed by atoms with Crippen molar-refractivity contribution >= 4 is 0 Å². The van der Waals surface area contributed by atoms with Gasteiger partial charge in [0.2, 0.25) is 5.88 Å². The molecule has 0 aromatic carbocycles. The Hall–Kier alpha value is -1.03. The number of aromatic nitrogens is 2. The van der Waals surface area contributed by atoms with Crippen molar-refractivity contribution in [3.63, 3.8) is 0 Å². The highest BCUT2D eigenvalue weighted by Crippen LogP contribution is 2.32. The van der Waals surface area contributed by atoms with Crippen molar-refractivity contribution in [1.29, 1.82) is 0 Å². The molecule has 4 nitrogen and oxygen atoms in total. The van der Waals surface area contributed by atoms with Crippen molar-refractivity contribution in [2.45, 2.75) is 19.3 Å². The maximum absolute atomic E-state index is 5.38. The first kappa shape index (κ1) is 9.52. The van der Waals surface area contributed by atoms with Crippen LogP contribution < -0.4 is 10.1 Å². The summed E-state index contributed by atoms with van der Waals surface area (Å²) in [4.78, 5) is 0. The minimum atomic E-state index is 0.568. The van der Waals surface area contributed by atoms with Gasteiger partial charge in [0, 0.05) is 25.1 Å². The van der Waals surface area contributed by atoms with Gasteiger partial charge in [-0.25, -0.2) is 4.68 Å². The molecule has 1 fully saturated rings. The number of ether oxygens (including phenoxy) is 1. The van der Waals surface area contributed by atoms with Crippen molar-refractivity contribution in [2.24, 2.45) is 7.05 Å². The van der Waals surface area contributed by atoms with Crippen LogP contribution in [0, 0.1) is 6.92 Å². The van der Waals surface area contributed by atoms with Crippen LogP contribution in [0.2, 0.25) is 0 Å². The van der Waals surface area contributed by atoms with Crippen molar-refractivity contribution in [3.8, 4) is 5.88 Å². The summed E-state index contributed by atoms with van der Waals surface area (Å²) in [6.07, 6.45) is 1.18. The number of aryl methyl sites for hydroxylation is 2. The fourth-order valence-electron chi connectivity index (χ4n) is 2.27. The molecule has 1 saturated heterocycles. The van der Waals surface area contributed by atoms with Gasteiger partial charge in [-0.1, -0.05) is 0 Å². The van der Waals surface area contributed by atoms with E-state index in [1.807, 2.05) is 11.7 Å². The van der Waals surface area contributed by atoms with Gasteiger partial charge in [-0.3, -0.25) is 0 Å². The fourth-order valence-corrected chi connectivity index (χ4v) is 2.27. The van der Waals surface area contributed by atoms with Crippen LogP contribution in [0.3, 0.4) is 0 Å². The van der Waals surface area contributed by atoms with Gasteiger partial charge in [0.15, 0.2) is 0 Å². The molecule has 4 heteroatoms. The molecule has 0 amide bonds. The molecule has 1 aliphatic heterocycles. The second kappa shape index (κ2) is 3.61. The number of hydrogen-bond donors (Lipinski definition) is 1. The summed E-state index contributed by atoms with van der Waals surface area (Å²) < 4.78 is 7.20. The van der Waals surface area contributed by atoms with Crippen LogP contribution in [0.5, 0.6) is 5.88 Å². The lowest BCUT2D eigenvalue weighted by Crippen LogP contribution is -2.09. The molecule has 1 atom stereocenters. The number of methoxy groups -OCH3 is 1. The summed E-state index contributed by atoms with van der Waals surface area (Å²) in [6.45, 7) is 4.20. The van der Waals surface area contributed by atoms with Gasteiger partial charge >= 0.3 is 0 Å². The first-order chi connectivity index (χ1) is 6.74. The normalized spacial score (nSPS) is 21.5. The Kier molecular flexibility index (Phi) is 2.46. The maximum atomic E-state index is 5.38. The molecule has 1 aromatic rings. The van der Waals surface area contributed by atoms with Crippen LogP contribution in [0.15, 0.2) is 0 Å². The quantitative estimate of drug-likeness (QED) is 0.759. The standard InChI is InChI=1S/C10H17N3O/c1-7-9(8-4-5-11-6-8)10(14-3)13(2)12-7/h8,11H,4-6H2,1-3H3. The van der Waals surface area contributed by atoms with Crippen LogP contribution in [0.4, 0.5) is 0 Å². The molecule has 0 aliphatic carbocycles. The molecule has 1 unspecified atom stereocenters. The van der Waals surface area contributed by atoms with Gasteiger partial charge in [-0.15, -0.1) is 0 Å². The fraction of sp³-hybridized carbons (Fsp3) is 0.700. The Morgan fingerprint density at radius 3 is 2.93 bits per heavy atom.